The summed E-state index contributed by atoms with van der Waals surface area (Å²) in [6, 6.07) is 4.75. The van der Waals surface area contributed by atoms with Gasteiger partial charge in [0.25, 0.3) is 0 Å². The number of benzene rings is 1. The quantitative estimate of drug-likeness (QED) is 0.206. The molecule has 0 fully saturated rings. The maximum Gasteiger partial charge on any atom is 0.326 e. The van der Waals surface area contributed by atoms with Crippen LogP contribution in [0, 0.1) is 5.92 Å². The number of nitrogens with one attached hydrogen (secondary N) is 3. The van der Waals surface area contributed by atoms with E-state index in [1.807, 2.05) is 19.9 Å². The lowest BCUT2D eigenvalue weighted by molar-refractivity contribution is -0.142. The monoisotopic (exact) mass is 477 g/mol. The Labute approximate surface area is 199 Å². The predicted octanol–water partition coefficient (Wildman–Crippen LogP) is -0.573. The molecular formula is C23H35N5O6. The van der Waals surface area contributed by atoms with E-state index in [0.717, 1.165) is 5.56 Å². The first-order valence-electron chi connectivity index (χ1n) is 11.1. The number of amides is 4. The fourth-order valence-corrected chi connectivity index (χ4v) is 3.15. The number of hydrogen-bond acceptors (Lipinski definition) is 6. The standard InChI is InChI=1S/C23H35N5O6/c1-13(2)11-17(21(31)26-16(23(33)34)9-10-19(25)29)28-22(32)18(27-20(30)14(3)24)12-15-7-5-4-6-8-15/h4-8,13-14,16-18H,9-12,24H2,1-3H3,(H2,25,29)(H,26,31)(H,27,30)(H,28,32)(H,33,34). The van der Waals surface area contributed by atoms with Gasteiger partial charge >= 0.3 is 5.97 Å². The van der Waals surface area contributed by atoms with Gasteiger partial charge in [0.2, 0.25) is 23.6 Å². The van der Waals surface area contributed by atoms with Crippen molar-refractivity contribution in [3.8, 4) is 0 Å². The average Bonchev–Trinajstić information content (AvgIpc) is 2.75. The van der Waals surface area contributed by atoms with Gasteiger partial charge in [0, 0.05) is 12.8 Å². The molecule has 4 unspecified atom stereocenters. The fourth-order valence-electron chi connectivity index (χ4n) is 3.15. The second-order valence-corrected chi connectivity index (χ2v) is 8.63. The minimum atomic E-state index is -1.34. The Morgan fingerprint density at radius 3 is 1.88 bits per heavy atom. The molecule has 0 saturated heterocycles. The Hall–Kier alpha value is -3.47. The van der Waals surface area contributed by atoms with Crippen LogP contribution in [0.4, 0.5) is 0 Å². The van der Waals surface area contributed by atoms with Crippen LogP contribution < -0.4 is 27.4 Å². The molecule has 0 spiro atoms. The van der Waals surface area contributed by atoms with E-state index in [1.54, 1.807) is 24.3 Å². The van der Waals surface area contributed by atoms with Crippen LogP contribution in [0.3, 0.4) is 0 Å². The topological polar surface area (TPSA) is 194 Å². The van der Waals surface area contributed by atoms with Crippen LogP contribution >= 0.6 is 0 Å². The number of carboxylic acid groups (broad SMARTS) is 1. The van der Waals surface area contributed by atoms with Crippen LogP contribution in [0.2, 0.25) is 0 Å². The first kappa shape index (κ1) is 28.6. The second kappa shape index (κ2) is 13.9. The van der Waals surface area contributed by atoms with E-state index in [0.29, 0.717) is 0 Å². The van der Waals surface area contributed by atoms with Crippen LogP contribution in [0.25, 0.3) is 0 Å². The SMILES string of the molecule is CC(C)CC(NC(=O)C(Cc1ccccc1)NC(=O)C(C)N)C(=O)NC(CCC(N)=O)C(=O)O. The molecule has 0 aliphatic carbocycles. The number of carboxylic acids is 1. The van der Waals surface area contributed by atoms with Crippen molar-refractivity contribution in [3.63, 3.8) is 0 Å². The zero-order valence-corrected chi connectivity index (χ0v) is 19.7. The normalized spacial score (nSPS) is 14.4. The molecule has 11 nitrogen and oxygen atoms in total. The van der Waals surface area contributed by atoms with Crippen molar-refractivity contribution in [2.24, 2.45) is 17.4 Å². The molecule has 0 saturated carbocycles. The van der Waals surface area contributed by atoms with Crippen molar-refractivity contribution < 1.29 is 29.1 Å². The molecule has 0 radical (unpaired) electrons. The highest BCUT2D eigenvalue weighted by Crippen LogP contribution is 2.09. The molecule has 0 aliphatic rings. The van der Waals surface area contributed by atoms with Crippen molar-refractivity contribution in [1.29, 1.82) is 0 Å². The maximum absolute atomic E-state index is 13.1. The third-order valence-electron chi connectivity index (χ3n) is 4.96. The second-order valence-electron chi connectivity index (χ2n) is 8.63. The molecule has 1 rings (SSSR count). The van der Waals surface area contributed by atoms with Crippen LogP contribution in [0.5, 0.6) is 0 Å². The lowest BCUT2D eigenvalue weighted by atomic mass is 10.00. The summed E-state index contributed by atoms with van der Waals surface area (Å²) in [6.07, 6.45) is -0.0166. The van der Waals surface area contributed by atoms with Crippen LogP contribution in [0.15, 0.2) is 30.3 Å². The molecule has 0 aromatic heterocycles. The van der Waals surface area contributed by atoms with E-state index in [2.05, 4.69) is 16.0 Å². The predicted molar refractivity (Wildman–Crippen MR) is 125 cm³/mol. The van der Waals surface area contributed by atoms with Crippen LogP contribution in [0.1, 0.15) is 45.6 Å². The number of primary amides is 1. The van der Waals surface area contributed by atoms with E-state index in [4.69, 9.17) is 11.5 Å². The van der Waals surface area contributed by atoms with Crippen molar-refractivity contribution >= 4 is 29.6 Å². The third-order valence-corrected chi connectivity index (χ3v) is 4.96. The van der Waals surface area contributed by atoms with Gasteiger partial charge in [-0.25, -0.2) is 4.79 Å². The van der Waals surface area contributed by atoms with Gasteiger partial charge < -0.3 is 32.5 Å². The molecule has 34 heavy (non-hydrogen) atoms. The van der Waals surface area contributed by atoms with E-state index < -0.39 is 53.8 Å². The maximum atomic E-state index is 13.1. The number of aliphatic carboxylic acids is 1. The first-order chi connectivity index (χ1) is 15.9. The Morgan fingerprint density at radius 1 is 0.853 bits per heavy atom. The molecule has 1 aromatic rings. The van der Waals surface area contributed by atoms with Crippen molar-refractivity contribution in [2.45, 2.75) is 70.6 Å². The van der Waals surface area contributed by atoms with Gasteiger partial charge in [-0.1, -0.05) is 44.2 Å². The fraction of sp³-hybridized carbons (Fsp3) is 0.522. The lowest BCUT2D eigenvalue weighted by Crippen LogP contribution is -2.57. The molecule has 4 atom stereocenters. The number of rotatable bonds is 14. The largest absolute Gasteiger partial charge is 0.480 e. The highest BCUT2D eigenvalue weighted by molar-refractivity contribution is 5.94. The zero-order chi connectivity index (χ0) is 25.8. The summed E-state index contributed by atoms with van der Waals surface area (Å²) < 4.78 is 0. The Morgan fingerprint density at radius 2 is 1.38 bits per heavy atom. The summed E-state index contributed by atoms with van der Waals surface area (Å²) in [4.78, 5) is 60.7. The number of carbonyl (C=O) groups excluding carboxylic acids is 4. The summed E-state index contributed by atoms with van der Waals surface area (Å²) in [5, 5.41) is 17.0. The highest BCUT2D eigenvalue weighted by atomic mass is 16.4. The minimum absolute atomic E-state index is 0.0174. The van der Waals surface area contributed by atoms with Crippen LogP contribution in [-0.2, 0) is 30.4 Å². The third kappa shape index (κ3) is 10.4. The summed E-state index contributed by atoms with van der Waals surface area (Å²) in [5.41, 5.74) is 11.5. The molecule has 8 N–H and O–H groups in total. The molecule has 0 heterocycles. The number of hydrogen-bond donors (Lipinski definition) is 6. The molecule has 1 aromatic carbocycles. The van der Waals surface area contributed by atoms with Gasteiger partial charge in [-0.05, 0) is 31.2 Å². The average molecular weight is 478 g/mol. The Kier molecular flexibility index (Phi) is 11.7. The van der Waals surface area contributed by atoms with Gasteiger partial charge in [-0.15, -0.1) is 0 Å². The van der Waals surface area contributed by atoms with Gasteiger partial charge in [-0.2, -0.15) is 0 Å². The Balaban J connectivity index is 3.04. The first-order valence-corrected chi connectivity index (χ1v) is 11.1. The van der Waals surface area contributed by atoms with Crippen molar-refractivity contribution in [1.82, 2.24) is 16.0 Å². The summed E-state index contributed by atoms with van der Waals surface area (Å²) in [7, 11) is 0. The number of carbonyl (C=O) groups is 5. The molecular weight excluding hydrogens is 442 g/mol. The summed E-state index contributed by atoms with van der Waals surface area (Å²) in [6.45, 7) is 5.17. The van der Waals surface area contributed by atoms with Crippen molar-refractivity contribution in [3.05, 3.63) is 35.9 Å². The van der Waals surface area contributed by atoms with E-state index in [9.17, 15) is 29.1 Å². The molecule has 0 bridgehead atoms. The minimum Gasteiger partial charge on any atom is -0.480 e. The van der Waals surface area contributed by atoms with Gasteiger partial charge in [0.05, 0.1) is 6.04 Å². The van der Waals surface area contributed by atoms with Gasteiger partial charge in [-0.3, -0.25) is 19.2 Å². The van der Waals surface area contributed by atoms with E-state index >= 15 is 0 Å². The summed E-state index contributed by atoms with van der Waals surface area (Å²) >= 11 is 0. The molecule has 11 heteroatoms. The number of nitrogens with two attached hydrogens (primary N) is 2. The van der Waals surface area contributed by atoms with Crippen LogP contribution in [-0.4, -0.2) is 58.9 Å². The lowest BCUT2D eigenvalue weighted by Gasteiger charge is -2.26. The zero-order valence-electron chi connectivity index (χ0n) is 19.7. The van der Waals surface area contributed by atoms with Gasteiger partial charge in [0.1, 0.15) is 18.1 Å². The summed E-state index contributed by atoms with van der Waals surface area (Å²) in [5.74, 6) is -3.88. The van der Waals surface area contributed by atoms with Crippen molar-refractivity contribution in [2.75, 3.05) is 0 Å². The molecule has 4 amide bonds. The highest BCUT2D eigenvalue weighted by Gasteiger charge is 2.30. The Bertz CT molecular complexity index is 859. The van der Waals surface area contributed by atoms with Gasteiger partial charge in [0.15, 0.2) is 0 Å². The molecule has 0 aliphatic heterocycles. The smallest absolute Gasteiger partial charge is 0.326 e. The molecule has 188 valence electrons. The van der Waals surface area contributed by atoms with E-state index in [1.165, 1.54) is 6.92 Å². The van der Waals surface area contributed by atoms with E-state index in [-0.39, 0.29) is 31.6 Å².